The van der Waals surface area contributed by atoms with Crippen molar-refractivity contribution in [2.45, 2.75) is 6.42 Å². The molecule has 2 aromatic rings. The Hall–Kier alpha value is -2.39. The molecule has 0 saturated heterocycles. The van der Waals surface area contributed by atoms with Crippen LogP contribution < -0.4 is 21.7 Å². The number of nitrogens with zero attached hydrogens (tertiary/aromatic N) is 3. The van der Waals surface area contributed by atoms with E-state index in [9.17, 15) is 4.79 Å². The van der Waals surface area contributed by atoms with Crippen molar-refractivity contribution >= 4 is 45.1 Å². The zero-order chi connectivity index (χ0) is 18.2. The van der Waals surface area contributed by atoms with Crippen molar-refractivity contribution in [2.24, 2.45) is 5.73 Å². The molecule has 8 nitrogen and oxygen atoms in total. The van der Waals surface area contributed by atoms with E-state index >= 15 is 0 Å². The number of nitrogens with one attached hydrogen (secondary N) is 3. The first-order valence-electron chi connectivity index (χ1n) is 7.81. The Kier molecular flexibility index (Phi) is 6.96. The van der Waals surface area contributed by atoms with E-state index in [4.69, 9.17) is 5.73 Å². The Morgan fingerprint density at radius 2 is 2.08 bits per heavy atom. The fourth-order valence-corrected chi connectivity index (χ4v) is 2.23. The van der Waals surface area contributed by atoms with Crippen LogP contribution in [0.4, 0.5) is 27.9 Å². The summed E-state index contributed by atoms with van der Waals surface area (Å²) in [4.78, 5) is 21.9. The average molecular weight is 408 g/mol. The number of amides is 2. The van der Waals surface area contributed by atoms with Crippen LogP contribution in [0, 0.1) is 0 Å². The Bertz CT molecular complexity index is 723. The van der Waals surface area contributed by atoms with Crippen LogP contribution in [0.25, 0.3) is 0 Å². The summed E-state index contributed by atoms with van der Waals surface area (Å²) in [6, 6.07) is 7.15. The zero-order valence-electron chi connectivity index (χ0n) is 14.2. The minimum atomic E-state index is -0.191. The monoisotopic (exact) mass is 407 g/mol. The number of rotatable bonds is 7. The van der Waals surface area contributed by atoms with Crippen LogP contribution in [-0.4, -0.2) is 48.1 Å². The lowest BCUT2D eigenvalue weighted by atomic mass is 10.3. The smallest absolute Gasteiger partial charge is 0.321 e. The molecule has 0 aliphatic heterocycles. The van der Waals surface area contributed by atoms with Gasteiger partial charge in [0.2, 0.25) is 5.95 Å². The summed E-state index contributed by atoms with van der Waals surface area (Å²) in [5, 5.41) is 9.14. The van der Waals surface area contributed by atoms with Crippen molar-refractivity contribution in [2.75, 3.05) is 43.1 Å². The molecule has 0 aliphatic carbocycles. The molecule has 1 aromatic carbocycles. The van der Waals surface area contributed by atoms with Gasteiger partial charge in [0.25, 0.3) is 0 Å². The van der Waals surface area contributed by atoms with Crippen LogP contribution in [-0.2, 0) is 0 Å². The van der Waals surface area contributed by atoms with E-state index in [-0.39, 0.29) is 6.03 Å². The number of anilines is 4. The average Bonchev–Trinajstić information content (AvgIpc) is 2.58. The van der Waals surface area contributed by atoms with Crippen LogP contribution in [0.5, 0.6) is 0 Å². The van der Waals surface area contributed by atoms with E-state index in [0.717, 1.165) is 23.1 Å². The summed E-state index contributed by atoms with van der Waals surface area (Å²) in [5.41, 5.74) is 6.95. The second-order valence-electron chi connectivity index (χ2n) is 5.49. The van der Waals surface area contributed by atoms with E-state index in [1.54, 1.807) is 20.3 Å². The van der Waals surface area contributed by atoms with Crippen molar-refractivity contribution in [1.82, 2.24) is 14.9 Å². The number of hydrogen-bond acceptors (Lipinski definition) is 6. The normalized spacial score (nSPS) is 10.2. The summed E-state index contributed by atoms with van der Waals surface area (Å²) in [5.74, 6) is 1.15. The summed E-state index contributed by atoms with van der Waals surface area (Å²) in [6.07, 6.45) is 2.53. The highest BCUT2D eigenvalue weighted by molar-refractivity contribution is 9.10. The predicted octanol–water partition coefficient (Wildman–Crippen LogP) is 2.84. The molecular formula is C16H22BrN7O. The van der Waals surface area contributed by atoms with Crippen molar-refractivity contribution in [1.29, 1.82) is 0 Å². The van der Waals surface area contributed by atoms with E-state index in [2.05, 4.69) is 41.8 Å². The molecule has 0 saturated carbocycles. The molecule has 0 aliphatic rings. The first kappa shape index (κ1) is 18.9. The Labute approximate surface area is 155 Å². The number of hydrogen-bond donors (Lipinski definition) is 4. The number of aromatic nitrogens is 2. The van der Waals surface area contributed by atoms with Crippen LogP contribution in [0.1, 0.15) is 6.42 Å². The molecule has 5 N–H and O–H groups in total. The second kappa shape index (κ2) is 9.19. The maximum Gasteiger partial charge on any atom is 0.321 e. The largest absolute Gasteiger partial charge is 0.369 e. The van der Waals surface area contributed by atoms with Gasteiger partial charge in [0.05, 0.1) is 4.47 Å². The maximum absolute atomic E-state index is 11.7. The second-order valence-corrected chi connectivity index (χ2v) is 6.34. The van der Waals surface area contributed by atoms with Crippen LogP contribution >= 0.6 is 15.9 Å². The van der Waals surface area contributed by atoms with Gasteiger partial charge in [-0.2, -0.15) is 4.98 Å². The van der Waals surface area contributed by atoms with Crippen molar-refractivity contribution < 1.29 is 4.79 Å². The van der Waals surface area contributed by atoms with E-state index < -0.39 is 0 Å². The Morgan fingerprint density at radius 3 is 2.80 bits per heavy atom. The first-order chi connectivity index (χ1) is 12.0. The van der Waals surface area contributed by atoms with Crippen LogP contribution in [0.15, 0.2) is 34.9 Å². The van der Waals surface area contributed by atoms with Gasteiger partial charge >= 0.3 is 6.03 Å². The minimum Gasteiger partial charge on any atom is -0.369 e. The number of carbonyl (C=O) groups excluding carboxylic acids is 1. The quantitative estimate of drug-likeness (QED) is 0.525. The highest BCUT2D eigenvalue weighted by atomic mass is 79.9. The first-order valence-corrected chi connectivity index (χ1v) is 8.61. The predicted molar refractivity (Wildman–Crippen MR) is 104 cm³/mol. The van der Waals surface area contributed by atoms with Crippen LogP contribution in [0.3, 0.4) is 0 Å². The molecule has 2 amide bonds. The molecule has 134 valence electrons. The summed E-state index contributed by atoms with van der Waals surface area (Å²) >= 11 is 3.42. The molecule has 1 heterocycles. The van der Waals surface area contributed by atoms with E-state index in [1.807, 2.05) is 24.3 Å². The molecular weight excluding hydrogens is 386 g/mol. The topological polar surface area (TPSA) is 108 Å². The highest BCUT2D eigenvalue weighted by Crippen LogP contribution is 2.23. The van der Waals surface area contributed by atoms with Crippen LogP contribution in [0.2, 0.25) is 0 Å². The molecule has 0 spiro atoms. The number of urea groups is 1. The highest BCUT2D eigenvalue weighted by Gasteiger charge is 2.07. The molecule has 25 heavy (non-hydrogen) atoms. The summed E-state index contributed by atoms with van der Waals surface area (Å²) < 4.78 is 0.780. The fourth-order valence-electron chi connectivity index (χ4n) is 1.90. The third kappa shape index (κ3) is 5.87. The summed E-state index contributed by atoms with van der Waals surface area (Å²) in [6.45, 7) is 1.35. The molecule has 0 unspecified atom stereocenters. The van der Waals surface area contributed by atoms with Crippen molar-refractivity contribution in [3.8, 4) is 0 Å². The Balaban J connectivity index is 2.08. The molecule has 0 atom stereocenters. The Morgan fingerprint density at radius 1 is 1.32 bits per heavy atom. The molecule has 0 fully saturated rings. The van der Waals surface area contributed by atoms with Gasteiger partial charge in [-0.05, 0) is 47.1 Å². The van der Waals surface area contributed by atoms with Gasteiger partial charge in [0.15, 0.2) is 0 Å². The molecule has 9 heteroatoms. The van der Waals surface area contributed by atoms with Gasteiger partial charge in [-0.25, -0.2) is 9.78 Å². The standard InChI is InChI=1S/C16H22BrN7O/c1-24(2)16(25)22-12-6-3-5-11(9-12)21-15-20-10-13(17)14(23-15)19-8-4-7-18/h3,5-6,9-10H,4,7-8,18H2,1-2H3,(H,22,25)(H2,19,20,21,23). The number of benzene rings is 1. The number of nitrogens with two attached hydrogens (primary N) is 1. The minimum absolute atomic E-state index is 0.191. The molecule has 1 aromatic heterocycles. The van der Waals surface area contributed by atoms with Gasteiger partial charge in [-0.15, -0.1) is 0 Å². The fraction of sp³-hybridized carbons (Fsp3) is 0.312. The lowest BCUT2D eigenvalue weighted by Crippen LogP contribution is -2.27. The van der Waals surface area contributed by atoms with Gasteiger partial charge in [0, 0.05) is 38.2 Å². The molecule has 0 bridgehead atoms. The summed E-state index contributed by atoms with van der Waals surface area (Å²) in [7, 11) is 3.37. The van der Waals surface area contributed by atoms with Gasteiger partial charge < -0.3 is 26.6 Å². The lowest BCUT2D eigenvalue weighted by Gasteiger charge is -2.13. The molecule has 0 radical (unpaired) electrons. The van der Waals surface area contributed by atoms with E-state index in [1.165, 1.54) is 4.90 Å². The number of carbonyl (C=O) groups is 1. The zero-order valence-corrected chi connectivity index (χ0v) is 15.8. The molecule has 2 rings (SSSR count). The van der Waals surface area contributed by atoms with E-state index in [0.29, 0.717) is 24.0 Å². The maximum atomic E-state index is 11.7. The number of halogens is 1. The van der Waals surface area contributed by atoms with Gasteiger partial charge in [-0.3, -0.25) is 0 Å². The third-order valence-corrected chi connectivity index (χ3v) is 3.77. The van der Waals surface area contributed by atoms with Gasteiger partial charge in [0.1, 0.15) is 5.82 Å². The SMILES string of the molecule is CN(C)C(=O)Nc1cccc(Nc2ncc(Br)c(NCCCN)n2)c1. The van der Waals surface area contributed by atoms with Crippen molar-refractivity contribution in [3.05, 3.63) is 34.9 Å². The van der Waals surface area contributed by atoms with Gasteiger partial charge in [-0.1, -0.05) is 6.07 Å². The third-order valence-electron chi connectivity index (χ3n) is 3.19. The van der Waals surface area contributed by atoms with Crippen molar-refractivity contribution in [3.63, 3.8) is 0 Å². The lowest BCUT2D eigenvalue weighted by molar-refractivity contribution is 0.230.